The Labute approximate surface area is 112 Å². The number of carbonyl (C=O) groups excluding carboxylic acids is 2. The third-order valence-electron chi connectivity index (χ3n) is 4.12. The molecule has 3 heteroatoms. The van der Waals surface area contributed by atoms with E-state index in [2.05, 4.69) is 6.08 Å². The van der Waals surface area contributed by atoms with Crippen molar-refractivity contribution in [2.24, 2.45) is 11.8 Å². The van der Waals surface area contributed by atoms with Crippen LogP contribution in [-0.2, 0) is 9.59 Å². The summed E-state index contributed by atoms with van der Waals surface area (Å²) < 4.78 is 0. The summed E-state index contributed by atoms with van der Waals surface area (Å²) in [5.74, 6) is -0.384. The van der Waals surface area contributed by atoms with Gasteiger partial charge in [0.25, 0.3) is 0 Å². The molecule has 0 unspecified atom stereocenters. The van der Waals surface area contributed by atoms with Crippen molar-refractivity contribution >= 4 is 17.5 Å². The second-order valence-corrected chi connectivity index (χ2v) is 5.55. The van der Waals surface area contributed by atoms with Crippen molar-refractivity contribution in [2.75, 3.05) is 4.90 Å². The molecule has 0 aromatic heterocycles. The predicted octanol–water partition coefficient (Wildman–Crippen LogP) is 2.84. The van der Waals surface area contributed by atoms with Crippen molar-refractivity contribution in [3.8, 4) is 0 Å². The van der Waals surface area contributed by atoms with Crippen LogP contribution in [0.5, 0.6) is 0 Å². The summed E-state index contributed by atoms with van der Waals surface area (Å²) in [4.78, 5) is 26.3. The number of rotatable bonds is 1. The number of fused-ring (bicyclic) bond motifs is 1. The molecule has 1 heterocycles. The zero-order valence-electron chi connectivity index (χ0n) is 11.2. The molecule has 98 valence electrons. The van der Waals surface area contributed by atoms with E-state index in [0.717, 1.165) is 12.0 Å². The summed E-state index contributed by atoms with van der Waals surface area (Å²) in [5, 5.41) is 0. The maximum atomic E-state index is 12.5. The van der Waals surface area contributed by atoms with Gasteiger partial charge < -0.3 is 0 Å². The standard InChI is InChI=1S/C16H17NO2/c1-10-3-6-12(7-4-10)17-15(18)13-8-5-11(2)9-14(13)16(17)19/h3-7,13-14H,8-9H2,1-2H3/t13-,14-/m1/s1. The number of carbonyl (C=O) groups is 2. The van der Waals surface area contributed by atoms with Gasteiger partial charge >= 0.3 is 0 Å². The molecule has 1 aliphatic carbocycles. The molecule has 0 N–H and O–H groups in total. The van der Waals surface area contributed by atoms with Crippen LogP contribution in [0.1, 0.15) is 25.3 Å². The van der Waals surface area contributed by atoms with E-state index >= 15 is 0 Å². The molecule has 3 nitrogen and oxygen atoms in total. The largest absolute Gasteiger partial charge is 0.274 e. The maximum Gasteiger partial charge on any atom is 0.238 e. The molecule has 0 radical (unpaired) electrons. The fourth-order valence-electron chi connectivity index (χ4n) is 2.99. The highest BCUT2D eigenvalue weighted by molar-refractivity contribution is 6.22. The normalized spacial score (nSPS) is 26.4. The topological polar surface area (TPSA) is 37.4 Å². The van der Waals surface area contributed by atoms with E-state index in [1.54, 1.807) is 0 Å². The second-order valence-electron chi connectivity index (χ2n) is 5.55. The first-order valence-electron chi connectivity index (χ1n) is 6.68. The fourth-order valence-corrected chi connectivity index (χ4v) is 2.99. The SMILES string of the molecule is CC1=CC[C@H]2C(=O)N(c3ccc(C)cc3)C(=O)[C@@H]2C1. The number of imide groups is 1. The molecule has 1 aliphatic heterocycles. The van der Waals surface area contributed by atoms with Crippen molar-refractivity contribution in [3.63, 3.8) is 0 Å². The van der Waals surface area contributed by atoms with Crippen LogP contribution in [0.2, 0.25) is 0 Å². The molecule has 1 saturated heterocycles. The molecule has 2 atom stereocenters. The molecule has 0 saturated carbocycles. The van der Waals surface area contributed by atoms with E-state index in [9.17, 15) is 9.59 Å². The summed E-state index contributed by atoms with van der Waals surface area (Å²) in [6.07, 6.45) is 3.51. The summed E-state index contributed by atoms with van der Waals surface area (Å²) in [6.45, 7) is 4.02. The molecular formula is C16H17NO2. The monoisotopic (exact) mass is 255 g/mol. The molecule has 2 aliphatic rings. The van der Waals surface area contributed by atoms with E-state index in [1.165, 1.54) is 10.5 Å². The van der Waals surface area contributed by atoms with Gasteiger partial charge in [-0.1, -0.05) is 29.3 Å². The van der Waals surface area contributed by atoms with Crippen LogP contribution in [0.3, 0.4) is 0 Å². The molecular weight excluding hydrogens is 238 g/mol. The van der Waals surface area contributed by atoms with Gasteiger partial charge in [0, 0.05) is 0 Å². The number of aryl methyl sites for hydroxylation is 1. The van der Waals surface area contributed by atoms with Crippen LogP contribution < -0.4 is 4.90 Å². The van der Waals surface area contributed by atoms with Gasteiger partial charge in [-0.25, -0.2) is 0 Å². The highest BCUT2D eigenvalue weighted by Crippen LogP contribution is 2.39. The molecule has 19 heavy (non-hydrogen) atoms. The number of hydrogen-bond acceptors (Lipinski definition) is 2. The fraction of sp³-hybridized carbons (Fsp3) is 0.375. The van der Waals surface area contributed by atoms with Crippen LogP contribution in [-0.4, -0.2) is 11.8 Å². The Morgan fingerprint density at radius 1 is 1.00 bits per heavy atom. The lowest BCUT2D eigenvalue weighted by atomic mass is 9.82. The van der Waals surface area contributed by atoms with Crippen LogP contribution in [0.4, 0.5) is 5.69 Å². The van der Waals surface area contributed by atoms with Crippen LogP contribution >= 0.6 is 0 Å². The van der Waals surface area contributed by atoms with Crippen LogP contribution in [0, 0.1) is 18.8 Å². The summed E-state index contributed by atoms with van der Waals surface area (Å²) in [6, 6.07) is 7.56. The number of allylic oxidation sites excluding steroid dienone is 2. The number of benzene rings is 1. The van der Waals surface area contributed by atoms with Crippen molar-refractivity contribution in [1.29, 1.82) is 0 Å². The Kier molecular flexibility index (Phi) is 2.77. The van der Waals surface area contributed by atoms with Gasteiger partial charge in [-0.05, 0) is 38.8 Å². The summed E-state index contributed by atoms with van der Waals surface area (Å²) >= 11 is 0. The number of nitrogens with zero attached hydrogens (tertiary/aromatic N) is 1. The minimum absolute atomic E-state index is 0.0358. The summed E-state index contributed by atoms with van der Waals surface area (Å²) in [7, 11) is 0. The predicted molar refractivity (Wildman–Crippen MR) is 73.6 cm³/mol. The molecule has 0 bridgehead atoms. The Hall–Kier alpha value is -1.90. The molecule has 1 aromatic carbocycles. The highest BCUT2D eigenvalue weighted by Gasteiger charge is 2.48. The summed E-state index contributed by atoms with van der Waals surface area (Å²) in [5.41, 5.74) is 3.04. The van der Waals surface area contributed by atoms with Crippen molar-refractivity contribution in [3.05, 3.63) is 41.5 Å². The van der Waals surface area contributed by atoms with E-state index < -0.39 is 0 Å². The Balaban J connectivity index is 1.95. The van der Waals surface area contributed by atoms with E-state index in [1.807, 2.05) is 38.1 Å². The van der Waals surface area contributed by atoms with Gasteiger partial charge in [-0.15, -0.1) is 0 Å². The molecule has 1 fully saturated rings. The highest BCUT2D eigenvalue weighted by atomic mass is 16.2. The molecule has 3 rings (SSSR count). The Morgan fingerprint density at radius 3 is 2.32 bits per heavy atom. The average molecular weight is 255 g/mol. The first-order chi connectivity index (χ1) is 9.08. The zero-order valence-corrected chi connectivity index (χ0v) is 11.2. The molecule has 0 spiro atoms. The quantitative estimate of drug-likeness (QED) is 0.571. The van der Waals surface area contributed by atoms with Crippen LogP contribution in [0.25, 0.3) is 0 Å². The van der Waals surface area contributed by atoms with E-state index in [0.29, 0.717) is 12.1 Å². The van der Waals surface area contributed by atoms with Crippen molar-refractivity contribution in [1.82, 2.24) is 0 Å². The van der Waals surface area contributed by atoms with E-state index in [-0.39, 0.29) is 23.7 Å². The molecule has 1 aromatic rings. The van der Waals surface area contributed by atoms with Gasteiger partial charge in [0.05, 0.1) is 17.5 Å². The number of anilines is 1. The minimum atomic E-state index is -0.155. The lowest BCUT2D eigenvalue weighted by Gasteiger charge is -2.18. The smallest absolute Gasteiger partial charge is 0.238 e. The third kappa shape index (κ3) is 1.89. The zero-order chi connectivity index (χ0) is 13.6. The van der Waals surface area contributed by atoms with Crippen LogP contribution in [0.15, 0.2) is 35.9 Å². The average Bonchev–Trinajstić information content (AvgIpc) is 2.63. The first-order valence-corrected chi connectivity index (χ1v) is 6.68. The molecule has 2 amide bonds. The lowest BCUT2D eigenvalue weighted by Crippen LogP contribution is -2.30. The van der Waals surface area contributed by atoms with Crippen molar-refractivity contribution in [2.45, 2.75) is 26.7 Å². The van der Waals surface area contributed by atoms with Crippen molar-refractivity contribution < 1.29 is 9.59 Å². The number of amides is 2. The van der Waals surface area contributed by atoms with Gasteiger partial charge in [0.15, 0.2) is 0 Å². The van der Waals surface area contributed by atoms with E-state index in [4.69, 9.17) is 0 Å². The Morgan fingerprint density at radius 2 is 1.63 bits per heavy atom. The van der Waals surface area contributed by atoms with Gasteiger partial charge in [-0.3, -0.25) is 14.5 Å². The van der Waals surface area contributed by atoms with Gasteiger partial charge in [0.1, 0.15) is 0 Å². The first kappa shape index (κ1) is 12.2. The number of hydrogen-bond donors (Lipinski definition) is 0. The lowest BCUT2D eigenvalue weighted by molar-refractivity contribution is -0.122. The second kappa shape index (κ2) is 4.34. The minimum Gasteiger partial charge on any atom is -0.274 e. The van der Waals surface area contributed by atoms with Gasteiger partial charge in [0.2, 0.25) is 11.8 Å². The maximum absolute atomic E-state index is 12.5. The third-order valence-corrected chi connectivity index (χ3v) is 4.12. The Bertz CT molecular complexity index is 571. The van der Waals surface area contributed by atoms with Gasteiger partial charge in [-0.2, -0.15) is 0 Å².